The van der Waals surface area contributed by atoms with Gasteiger partial charge in [0, 0.05) is 18.7 Å². The second-order valence-corrected chi connectivity index (χ2v) is 4.23. The number of rotatable bonds is 5. The SMILES string of the molecule is CC(CNC(=O)Nc1ccc(C#N)cc1)CC(=O)O. The molecule has 0 aliphatic carbocycles. The summed E-state index contributed by atoms with van der Waals surface area (Å²) in [5.41, 5.74) is 1.09. The Labute approximate surface area is 111 Å². The number of aliphatic carboxylic acids is 1. The van der Waals surface area contributed by atoms with Crippen molar-refractivity contribution >= 4 is 17.7 Å². The molecular weight excluding hydrogens is 246 g/mol. The number of anilines is 1. The first-order valence-corrected chi connectivity index (χ1v) is 5.78. The molecular formula is C13H15N3O3. The highest BCUT2D eigenvalue weighted by Gasteiger charge is 2.09. The van der Waals surface area contributed by atoms with Gasteiger partial charge in [-0.05, 0) is 30.2 Å². The summed E-state index contributed by atoms with van der Waals surface area (Å²) in [6, 6.07) is 8.03. The summed E-state index contributed by atoms with van der Waals surface area (Å²) in [6.07, 6.45) is 0.0111. The summed E-state index contributed by atoms with van der Waals surface area (Å²) in [7, 11) is 0. The largest absolute Gasteiger partial charge is 0.481 e. The van der Waals surface area contributed by atoms with Crippen LogP contribution in [0.4, 0.5) is 10.5 Å². The lowest BCUT2D eigenvalue weighted by Gasteiger charge is -2.11. The van der Waals surface area contributed by atoms with E-state index in [0.29, 0.717) is 11.3 Å². The van der Waals surface area contributed by atoms with Crippen molar-refractivity contribution in [1.29, 1.82) is 5.26 Å². The van der Waals surface area contributed by atoms with E-state index in [1.165, 1.54) is 0 Å². The third-order valence-electron chi connectivity index (χ3n) is 2.41. The fourth-order valence-corrected chi connectivity index (χ4v) is 1.44. The fourth-order valence-electron chi connectivity index (χ4n) is 1.44. The quantitative estimate of drug-likeness (QED) is 0.751. The lowest BCUT2D eigenvalue weighted by molar-refractivity contribution is -0.137. The lowest BCUT2D eigenvalue weighted by Crippen LogP contribution is -2.32. The molecule has 0 heterocycles. The lowest BCUT2D eigenvalue weighted by atomic mass is 10.1. The van der Waals surface area contributed by atoms with Gasteiger partial charge in [0.1, 0.15) is 0 Å². The Bertz CT molecular complexity index is 491. The number of benzene rings is 1. The predicted molar refractivity (Wildman–Crippen MR) is 69.6 cm³/mol. The number of carbonyl (C=O) groups excluding carboxylic acids is 1. The fraction of sp³-hybridized carbons (Fsp3) is 0.308. The van der Waals surface area contributed by atoms with Gasteiger partial charge in [0.15, 0.2) is 0 Å². The Balaban J connectivity index is 2.38. The molecule has 1 aromatic rings. The van der Waals surface area contributed by atoms with Crippen molar-refractivity contribution in [2.75, 3.05) is 11.9 Å². The second-order valence-electron chi connectivity index (χ2n) is 4.23. The molecule has 0 aliphatic heterocycles. The van der Waals surface area contributed by atoms with E-state index in [2.05, 4.69) is 10.6 Å². The number of amides is 2. The molecule has 1 rings (SSSR count). The van der Waals surface area contributed by atoms with Crippen molar-refractivity contribution in [1.82, 2.24) is 5.32 Å². The van der Waals surface area contributed by atoms with Crippen LogP contribution in [0.25, 0.3) is 0 Å². The summed E-state index contributed by atoms with van der Waals surface area (Å²) in [5, 5.41) is 22.4. The topological polar surface area (TPSA) is 102 Å². The van der Waals surface area contributed by atoms with Crippen LogP contribution in [0.15, 0.2) is 24.3 Å². The molecule has 1 atom stereocenters. The standard InChI is InChI=1S/C13H15N3O3/c1-9(6-12(17)18)8-15-13(19)16-11-4-2-10(7-14)3-5-11/h2-5,9H,6,8H2,1H3,(H,17,18)(H2,15,16,19). The number of carboxylic acids is 1. The van der Waals surface area contributed by atoms with E-state index in [1.54, 1.807) is 31.2 Å². The average Bonchev–Trinajstić information content (AvgIpc) is 2.36. The summed E-state index contributed by atoms with van der Waals surface area (Å²) < 4.78 is 0. The molecule has 6 heteroatoms. The van der Waals surface area contributed by atoms with Gasteiger partial charge in [-0.15, -0.1) is 0 Å². The molecule has 19 heavy (non-hydrogen) atoms. The molecule has 1 unspecified atom stereocenters. The zero-order valence-corrected chi connectivity index (χ0v) is 10.5. The summed E-state index contributed by atoms with van der Waals surface area (Å²) in [6.45, 7) is 2.03. The molecule has 0 bridgehead atoms. The number of hydrogen-bond acceptors (Lipinski definition) is 3. The molecule has 0 radical (unpaired) electrons. The van der Waals surface area contributed by atoms with E-state index in [9.17, 15) is 9.59 Å². The van der Waals surface area contributed by atoms with Gasteiger partial charge in [-0.2, -0.15) is 5.26 Å². The van der Waals surface area contributed by atoms with E-state index in [1.807, 2.05) is 6.07 Å². The van der Waals surface area contributed by atoms with Gasteiger partial charge in [-0.1, -0.05) is 6.92 Å². The van der Waals surface area contributed by atoms with Crippen molar-refractivity contribution < 1.29 is 14.7 Å². The normalized spacial score (nSPS) is 11.2. The summed E-state index contributed by atoms with van der Waals surface area (Å²) in [5.74, 6) is -1.02. The first-order valence-electron chi connectivity index (χ1n) is 5.78. The Kier molecular flexibility index (Phi) is 5.35. The minimum Gasteiger partial charge on any atom is -0.481 e. The summed E-state index contributed by atoms with van der Waals surface area (Å²) in [4.78, 5) is 22.0. The van der Waals surface area contributed by atoms with Crippen molar-refractivity contribution in [3.63, 3.8) is 0 Å². The molecule has 0 saturated carbocycles. The first-order chi connectivity index (χ1) is 9.01. The minimum absolute atomic E-state index is 0.0111. The molecule has 2 amide bonds. The maximum absolute atomic E-state index is 11.5. The second kappa shape index (κ2) is 7.01. The molecule has 0 fully saturated rings. The molecule has 0 aromatic heterocycles. The van der Waals surface area contributed by atoms with Crippen LogP contribution in [0.3, 0.4) is 0 Å². The van der Waals surface area contributed by atoms with Gasteiger partial charge in [0.2, 0.25) is 0 Å². The highest BCUT2D eigenvalue weighted by molar-refractivity contribution is 5.89. The number of hydrogen-bond donors (Lipinski definition) is 3. The number of nitrogens with zero attached hydrogens (tertiary/aromatic N) is 1. The molecule has 100 valence electrons. The van der Waals surface area contributed by atoms with E-state index >= 15 is 0 Å². The zero-order chi connectivity index (χ0) is 14.3. The van der Waals surface area contributed by atoms with Crippen LogP contribution in [0, 0.1) is 17.2 Å². The zero-order valence-electron chi connectivity index (χ0n) is 10.5. The highest BCUT2D eigenvalue weighted by Crippen LogP contribution is 2.08. The van der Waals surface area contributed by atoms with Crippen LogP contribution < -0.4 is 10.6 Å². The van der Waals surface area contributed by atoms with Gasteiger partial charge in [-0.3, -0.25) is 4.79 Å². The molecule has 0 aliphatic rings. The number of carbonyl (C=O) groups is 2. The Morgan fingerprint density at radius 1 is 1.37 bits per heavy atom. The van der Waals surface area contributed by atoms with E-state index in [4.69, 9.17) is 10.4 Å². The van der Waals surface area contributed by atoms with Gasteiger partial charge in [0.05, 0.1) is 11.6 Å². The van der Waals surface area contributed by atoms with Gasteiger partial charge in [0.25, 0.3) is 0 Å². The van der Waals surface area contributed by atoms with Crippen molar-refractivity contribution in [3.05, 3.63) is 29.8 Å². The van der Waals surface area contributed by atoms with Crippen LogP contribution in [0.2, 0.25) is 0 Å². The monoisotopic (exact) mass is 261 g/mol. The van der Waals surface area contributed by atoms with Crippen LogP contribution in [0.5, 0.6) is 0 Å². The third kappa shape index (κ3) is 5.55. The number of nitriles is 1. The maximum atomic E-state index is 11.5. The Morgan fingerprint density at radius 3 is 2.53 bits per heavy atom. The predicted octanol–water partition coefficient (Wildman–Crippen LogP) is 1.79. The van der Waals surface area contributed by atoms with Gasteiger partial charge >= 0.3 is 12.0 Å². The number of nitrogens with one attached hydrogen (secondary N) is 2. The van der Waals surface area contributed by atoms with Crippen LogP contribution in [-0.4, -0.2) is 23.7 Å². The first kappa shape index (κ1) is 14.5. The average molecular weight is 261 g/mol. The van der Waals surface area contributed by atoms with Crippen LogP contribution in [0.1, 0.15) is 18.9 Å². The van der Waals surface area contributed by atoms with Gasteiger partial charge < -0.3 is 15.7 Å². The number of carboxylic acid groups (broad SMARTS) is 1. The highest BCUT2D eigenvalue weighted by atomic mass is 16.4. The minimum atomic E-state index is -0.887. The molecule has 6 nitrogen and oxygen atoms in total. The molecule has 3 N–H and O–H groups in total. The maximum Gasteiger partial charge on any atom is 0.319 e. The molecule has 1 aromatic carbocycles. The van der Waals surface area contributed by atoms with E-state index in [0.717, 1.165) is 0 Å². The van der Waals surface area contributed by atoms with Gasteiger partial charge in [-0.25, -0.2) is 4.79 Å². The third-order valence-corrected chi connectivity index (χ3v) is 2.41. The van der Waals surface area contributed by atoms with Crippen LogP contribution >= 0.6 is 0 Å². The Hall–Kier alpha value is -2.55. The number of urea groups is 1. The van der Waals surface area contributed by atoms with Crippen molar-refractivity contribution in [2.24, 2.45) is 5.92 Å². The summed E-state index contributed by atoms with van der Waals surface area (Å²) >= 11 is 0. The van der Waals surface area contributed by atoms with Crippen LogP contribution in [-0.2, 0) is 4.79 Å². The van der Waals surface area contributed by atoms with E-state index < -0.39 is 12.0 Å². The smallest absolute Gasteiger partial charge is 0.319 e. The van der Waals surface area contributed by atoms with E-state index in [-0.39, 0.29) is 18.9 Å². The van der Waals surface area contributed by atoms with Crippen molar-refractivity contribution in [2.45, 2.75) is 13.3 Å². The molecule has 0 spiro atoms. The Morgan fingerprint density at radius 2 is 2.00 bits per heavy atom. The molecule has 0 saturated heterocycles. The van der Waals surface area contributed by atoms with Crippen molar-refractivity contribution in [3.8, 4) is 6.07 Å².